The largest absolute Gasteiger partial charge is 0.371 e. The molecule has 1 aliphatic carbocycles. The molecule has 0 radical (unpaired) electrons. The van der Waals surface area contributed by atoms with Gasteiger partial charge in [0.25, 0.3) is 5.91 Å². The molecule has 3 fully saturated rings. The van der Waals surface area contributed by atoms with Crippen molar-refractivity contribution in [3.05, 3.63) is 18.0 Å². The van der Waals surface area contributed by atoms with E-state index >= 15 is 0 Å². The van der Waals surface area contributed by atoms with Crippen LogP contribution in [0.15, 0.2) is 12.3 Å². The molecule has 2 saturated heterocycles. The Morgan fingerprint density at radius 1 is 1.48 bits per heavy atom. The van der Waals surface area contributed by atoms with Crippen LogP contribution in [0.25, 0.3) is 0 Å². The van der Waals surface area contributed by atoms with Gasteiger partial charge in [0.15, 0.2) is 0 Å². The van der Waals surface area contributed by atoms with Crippen LogP contribution in [0.4, 0.5) is 0 Å². The molecule has 4 rings (SSSR count). The van der Waals surface area contributed by atoms with E-state index in [1.807, 2.05) is 21.8 Å². The van der Waals surface area contributed by atoms with Gasteiger partial charge in [0.2, 0.25) is 0 Å². The molecule has 0 aromatic carbocycles. The molecule has 0 unspecified atom stereocenters. The van der Waals surface area contributed by atoms with Gasteiger partial charge in [-0.1, -0.05) is 0 Å². The lowest BCUT2D eigenvalue weighted by molar-refractivity contribution is -0.149. The highest BCUT2D eigenvalue weighted by Crippen LogP contribution is 2.51. The Bertz CT molecular complexity index is 556. The van der Waals surface area contributed by atoms with Crippen molar-refractivity contribution < 1.29 is 9.53 Å². The maximum atomic E-state index is 12.7. The van der Waals surface area contributed by atoms with Crippen molar-refractivity contribution in [3.8, 4) is 0 Å². The highest BCUT2D eigenvalue weighted by atomic mass is 16.5. The third-order valence-corrected chi connectivity index (χ3v) is 5.13. The van der Waals surface area contributed by atoms with Gasteiger partial charge in [-0.05, 0) is 51.5 Å². The smallest absolute Gasteiger partial charge is 0.274 e. The monoisotopic (exact) mass is 289 g/mol. The minimum absolute atomic E-state index is 0.0303. The van der Waals surface area contributed by atoms with E-state index in [0.717, 1.165) is 26.0 Å². The maximum Gasteiger partial charge on any atom is 0.274 e. The third kappa shape index (κ3) is 2.01. The molecule has 3 aliphatic rings. The van der Waals surface area contributed by atoms with Crippen molar-refractivity contribution in [1.82, 2.24) is 14.7 Å². The van der Waals surface area contributed by atoms with Crippen molar-refractivity contribution in [2.24, 2.45) is 5.92 Å². The van der Waals surface area contributed by atoms with Crippen LogP contribution in [0.5, 0.6) is 0 Å². The molecule has 1 spiro atoms. The molecule has 1 aromatic heterocycles. The zero-order chi connectivity index (χ0) is 14.6. The van der Waals surface area contributed by atoms with E-state index in [2.05, 4.69) is 18.9 Å². The number of ether oxygens (including phenoxy) is 1. The van der Waals surface area contributed by atoms with Crippen molar-refractivity contribution >= 4 is 5.91 Å². The lowest BCUT2D eigenvalue weighted by Crippen LogP contribution is -2.71. The summed E-state index contributed by atoms with van der Waals surface area (Å²) in [6.07, 6.45) is 6.61. The van der Waals surface area contributed by atoms with Crippen LogP contribution in [-0.4, -0.2) is 45.4 Å². The molecule has 1 amide bonds. The summed E-state index contributed by atoms with van der Waals surface area (Å²) in [6.45, 7) is 5.74. The van der Waals surface area contributed by atoms with Gasteiger partial charge in [0.05, 0.1) is 12.6 Å². The number of likely N-dealkylation sites (tertiary alicyclic amines) is 1. The van der Waals surface area contributed by atoms with Crippen molar-refractivity contribution in [3.63, 3.8) is 0 Å². The van der Waals surface area contributed by atoms with Crippen LogP contribution in [0.1, 0.15) is 56.1 Å². The van der Waals surface area contributed by atoms with Crippen molar-refractivity contribution in [2.45, 2.75) is 57.2 Å². The first-order valence-electron chi connectivity index (χ1n) is 8.11. The number of hydrogen-bond donors (Lipinski definition) is 0. The molecule has 2 atom stereocenters. The summed E-state index contributed by atoms with van der Waals surface area (Å²) < 4.78 is 7.88. The molecule has 3 heterocycles. The number of hydrogen-bond acceptors (Lipinski definition) is 3. The Labute approximate surface area is 125 Å². The van der Waals surface area contributed by atoms with Gasteiger partial charge in [-0.15, -0.1) is 0 Å². The van der Waals surface area contributed by atoms with Crippen LogP contribution < -0.4 is 0 Å². The van der Waals surface area contributed by atoms with E-state index in [0.29, 0.717) is 11.6 Å². The Hall–Kier alpha value is -1.36. The molecule has 1 saturated carbocycles. The molecule has 1 aromatic rings. The van der Waals surface area contributed by atoms with E-state index in [-0.39, 0.29) is 23.6 Å². The standard InChI is InChI=1S/C16H23N3O2/c1-11(2)19-8-6-13(17-19)15(20)18-10-16(7-3-9-21-16)14(18)12-4-5-12/h6,8,11-12,14H,3-5,7,9-10H2,1-2H3/t14-,16+/m1/s1. The summed E-state index contributed by atoms with van der Waals surface area (Å²) in [7, 11) is 0. The van der Waals surface area contributed by atoms with E-state index in [1.165, 1.54) is 12.8 Å². The predicted molar refractivity (Wildman–Crippen MR) is 78.1 cm³/mol. The normalized spacial score (nSPS) is 32.0. The van der Waals surface area contributed by atoms with Gasteiger partial charge < -0.3 is 9.64 Å². The Balaban J connectivity index is 1.54. The third-order valence-electron chi connectivity index (χ3n) is 5.13. The minimum atomic E-state index is -0.0303. The zero-order valence-electron chi connectivity index (χ0n) is 12.8. The first-order valence-corrected chi connectivity index (χ1v) is 8.11. The van der Waals surface area contributed by atoms with E-state index in [4.69, 9.17) is 4.74 Å². The quantitative estimate of drug-likeness (QED) is 0.857. The van der Waals surface area contributed by atoms with Crippen LogP contribution in [-0.2, 0) is 4.74 Å². The fourth-order valence-corrected chi connectivity index (χ4v) is 3.91. The van der Waals surface area contributed by atoms with Crippen LogP contribution >= 0.6 is 0 Å². The van der Waals surface area contributed by atoms with E-state index in [9.17, 15) is 4.79 Å². The van der Waals surface area contributed by atoms with E-state index in [1.54, 1.807) is 0 Å². The summed E-state index contributed by atoms with van der Waals surface area (Å²) in [5, 5.41) is 4.43. The van der Waals surface area contributed by atoms with Crippen LogP contribution in [0, 0.1) is 5.92 Å². The van der Waals surface area contributed by atoms with Crippen LogP contribution in [0.3, 0.4) is 0 Å². The zero-order valence-corrected chi connectivity index (χ0v) is 12.8. The number of carbonyl (C=O) groups is 1. The summed E-state index contributed by atoms with van der Waals surface area (Å²) in [6, 6.07) is 2.41. The lowest BCUT2D eigenvalue weighted by Gasteiger charge is -2.55. The minimum Gasteiger partial charge on any atom is -0.371 e. The topological polar surface area (TPSA) is 47.4 Å². The second kappa shape index (κ2) is 4.57. The number of carbonyl (C=O) groups excluding carboxylic acids is 1. The molecule has 0 N–H and O–H groups in total. The van der Waals surface area contributed by atoms with Crippen LogP contribution in [0.2, 0.25) is 0 Å². The fourth-order valence-electron chi connectivity index (χ4n) is 3.91. The Morgan fingerprint density at radius 3 is 2.86 bits per heavy atom. The highest BCUT2D eigenvalue weighted by Gasteiger charge is 2.61. The van der Waals surface area contributed by atoms with Gasteiger partial charge in [0.1, 0.15) is 11.3 Å². The van der Waals surface area contributed by atoms with Gasteiger partial charge in [-0.3, -0.25) is 9.48 Å². The second-order valence-corrected chi connectivity index (χ2v) is 7.01. The van der Waals surface area contributed by atoms with Crippen molar-refractivity contribution in [1.29, 1.82) is 0 Å². The van der Waals surface area contributed by atoms with Crippen molar-refractivity contribution in [2.75, 3.05) is 13.2 Å². The Morgan fingerprint density at radius 2 is 2.29 bits per heavy atom. The number of nitrogens with zero attached hydrogens (tertiary/aromatic N) is 3. The van der Waals surface area contributed by atoms with Gasteiger partial charge in [0, 0.05) is 18.8 Å². The number of rotatable bonds is 3. The first-order chi connectivity index (χ1) is 10.1. The molecule has 2 aliphatic heterocycles. The molecule has 21 heavy (non-hydrogen) atoms. The molecule has 0 bridgehead atoms. The second-order valence-electron chi connectivity index (χ2n) is 7.01. The summed E-state index contributed by atoms with van der Waals surface area (Å²) in [5.41, 5.74) is 0.541. The summed E-state index contributed by atoms with van der Waals surface area (Å²) >= 11 is 0. The molecule has 5 heteroatoms. The highest BCUT2D eigenvalue weighted by molar-refractivity contribution is 5.93. The molecule has 5 nitrogen and oxygen atoms in total. The van der Waals surface area contributed by atoms with Gasteiger partial charge >= 0.3 is 0 Å². The fraction of sp³-hybridized carbons (Fsp3) is 0.750. The predicted octanol–water partition coefficient (Wildman–Crippen LogP) is 2.25. The van der Waals surface area contributed by atoms with E-state index < -0.39 is 0 Å². The summed E-state index contributed by atoms with van der Waals surface area (Å²) in [5.74, 6) is 0.723. The number of aromatic nitrogens is 2. The summed E-state index contributed by atoms with van der Waals surface area (Å²) in [4.78, 5) is 14.8. The molecular formula is C16H23N3O2. The first kappa shape index (κ1) is 13.3. The van der Waals surface area contributed by atoms with Gasteiger partial charge in [-0.2, -0.15) is 5.10 Å². The Kier molecular flexibility index (Phi) is 2.89. The lowest BCUT2D eigenvalue weighted by atomic mass is 9.78. The number of amides is 1. The SMILES string of the molecule is CC(C)n1ccc(C(=O)N2C[C@@]3(CCCO3)[C@H]2C2CC2)n1. The average Bonchev–Trinajstić information content (AvgIpc) is 2.99. The average molecular weight is 289 g/mol. The van der Waals surface area contributed by atoms with Gasteiger partial charge in [-0.25, -0.2) is 0 Å². The molecular weight excluding hydrogens is 266 g/mol. The molecule has 114 valence electrons. The maximum absolute atomic E-state index is 12.7.